The van der Waals surface area contributed by atoms with Crippen LogP contribution in [0.4, 0.5) is 5.69 Å². The average molecular weight is 521 g/mol. The highest BCUT2D eigenvalue weighted by Gasteiger charge is 2.54. The molecule has 0 N–H and O–H groups in total. The van der Waals surface area contributed by atoms with Gasteiger partial charge in [-0.2, -0.15) is 0 Å². The molecule has 1 amide bonds. The van der Waals surface area contributed by atoms with Crippen molar-refractivity contribution in [1.82, 2.24) is 4.90 Å². The lowest BCUT2D eigenvalue weighted by atomic mass is 9.88. The number of fused-ring (bicyclic) bond motifs is 4. The van der Waals surface area contributed by atoms with Crippen LogP contribution in [0.15, 0.2) is 60.7 Å². The fraction of sp³-hybridized carbons (Fsp3) is 0.286. The summed E-state index contributed by atoms with van der Waals surface area (Å²) in [6.45, 7) is 1.98. The number of methoxy groups -OCH3 is 4. The summed E-state index contributed by atoms with van der Waals surface area (Å²) in [6.07, 6.45) is 0.484. The Bertz CT molecular complexity index is 1340. The number of nitrogens with zero attached hydrogens (tertiary/aromatic N) is 2. The number of carbonyl (C=O) groups excluding carboxylic acids is 1. The second kappa shape index (κ2) is 9.48. The van der Waals surface area contributed by atoms with E-state index < -0.39 is 5.72 Å². The molecule has 0 aromatic heterocycles. The lowest BCUT2D eigenvalue weighted by Crippen LogP contribution is -2.67. The summed E-state index contributed by atoms with van der Waals surface area (Å²) in [6, 6.07) is 18.2. The molecule has 0 saturated carbocycles. The molecule has 1 saturated heterocycles. The van der Waals surface area contributed by atoms with E-state index in [0.717, 1.165) is 11.3 Å². The zero-order valence-electron chi connectivity index (χ0n) is 21.3. The minimum atomic E-state index is -0.850. The Morgan fingerprint density at radius 1 is 0.919 bits per heavy atom. The molecule has 8 nitrogen and oxygen atoms in total. The summed E-state index contributed by atoms with van der Waals surface area (Å²) in [5, 5.41) is 0.331. The number of anilines is 1. The summed E-state index contributed by atoms with van der Waals surface area (Å²) in [4.78, 5) is 17.8. The number of rotatable bonds is 6. The van der Waals surface area contributed by atoms with Crippen molar-refractivity contribution in [3.05, 3.63) is 71.8 Å². The van der Waals surface area contributed by atoms with Crippen molar-refractivity contribution in [3.63, 3.8) is 0 Å². The molecule has 5 rings (SSSR count). The van der Waals surface area contributed by atoms with Gasteiger partial charge in [0.25, 0.3) is 5.91 Å². The first-order valence-corrected chi connectivity index (χ1v) is 12.2. The van der Waals surface area contributed by atoms with Crippen LogP contribution >= 0.6 is 12.2 Å². The van der Waals surface area contributed by atoms with Gasteiger partial charge in [-0.3, -0.25) is 14.6 Å². The van der Waals surface area contributed by atoms with Crippen LogP contribution in [0.2, 0.25) is 0 Å². The van der Waals surface area contributed by atoms with Crippen LogP contribution in [0, 0.1) is 0 Å². The van der Waals surface area contributed by atoms with Crippen molar-refractivity contribution in [2.75, 3.05) is 33.3 Å². The van der Waals surface area contributed by atoms with E-state index >= 15 is 0 Å². The molecule has 2 atom stereocenters. The second-order valence-corrected chi connectivity index (χ2v) is 9.28. The Morgan fingerprint density at radius 2 is 1.57 bits per heavy atom. The first-order valence-electron chi connectivity index (χ1n) is 11.8. The topological polar surface area (TPSA) is 69.7 Å². The van der Waals surface area contributed by atoms with Gasteiger partial charge < -0.3 is 23.7 Å². The number of amides is 1. The number of carbonyl (C=O) groups is 1. The zero-order chi connectivity index (χ0) is 26.3. The third kappa shape index (κ3) is 3.90. The number of thiocarbonyl (C=S) groups is 1. The van der Waals surface area contributed by atoms with E-state index in [0.29, 0.717) is 45.8 Å². The fourth-order valence-electron chi connectivity index (χ4n) is 5.14. The maximum Gasteiger partial charge on any atom is 0.260 e. The molecular formula is C28H28N2O6S. The molecule has 192 valence electrons. The zero-order valence-corrected chi connectivity index (χ0v) is 22.1. The number of ether oxygens (including phenoxy) is 5. The monoisotopic (exact) mass is 520 g/mol. The summed E-state index contributed by atoms with van der Waals surface area (Å²) in [7, 11) is 6.15. The summed E-state index contributed by atoms with van der Waals surface area (Å²) in [5.41, 5.74) is 1.14. The van der Waals surface area contributed by atoms with Crippen LogP contribution in [0.25, 0.3) is 0 Å². The van der Waals surface area contributed by atoms with Gasteiger partial charge in [0.1, 0.15) is 0 Å². The lowest BCUT2D eigenvalue weighted by Gasteiger charge is -2.55. The number of para-hydroxylation sites is 2. The summed E-state index contributed by atoms with van der Waals surface area (Å²) in [5.74, 6) is 2.05. The van der Waals surface area contributed by atoms with E-state index in [1.807, 2.05) is 60.4 Å². The predicted octanol–water partition coefficient (Wildman–Crippen LogP) is 5.21. The van der Waals surface area contributed by atoms with Crippen molar-refractivity contribution in [2.24, 2.45) is 0 Å². The van der Waals surface area contributed by atoms with Gasteiger partial charge in [0.05, 0.1) is 34.5 Å². The highest BCUT2D eigenvalue weighted by Crippen LogP contribution is 2.52. The molecule has 3 aromatic carbocycles. The quantitative estimate of drug-likeness (QED) is 0.411. The molecule has 3 aromatic rings. The average Bonchev–Trinajstić information content (AvgIpc) is 2.91. The van der Waals surface area contributed by atoms with E-state index in [1.54, 1.807) is 24.1 Å². The molecule has 37 heavy (non-hydrogen) atoms. The summed E-state index contributed by atoms with van der Waals surface area (Å²) >= 11 is 6.03. The van der Waals surface area contributed by atoms with Gasteiger partial charge in [-0.15, -0.1) is 0 Å². The van der Waals surface area contributed by atoms with Crippen LogP contribution in [0.1, 0.15) is 35.3 Å². The second-order valence-electron chi connectivity index (χ2n) is 8.92. The molecule has 2 aliphatic heterocycles. The fourth-order valence-corrected chi connectivity index (χ4v) is 5.65. The maximum atomic E-state index is 14.3. The first kappa shape index (κ1) is 24.7. The largest absolute Gasteiger partial charge is 0.493 e. The third-order valence-corrected chi connectivity index (χ3v) is 7.19. The SMILES string of the molecule is COc1cc(C(=O)N2C(=S)N(c3ccccc3)[C@]3(C)C[C@@H]2c2cccc(OC)c2O3)cc(OC)c1OC. The van der Waals surface area contributed by atoms with Crippen molar-refractivity contribution in [3.8, 4) is 28.7 Å². The van der Waals surface area contributed by atoms with Crippen LogP contribution in [-0.2, 0) is 0 Å². The first-order chi connectivity index (χ1) is 17.9. The molecular weight excluding hydrogens is 492 g/mol. The van der Waals surface area contributed by atoms with E-state index in [1.165, 1.54) is 21.3 Å². The van der Waals surface area contributed by atoms with Crippen molar-refractivity contribution in [2.45, 2.75) is 25.1 Å². The van der Waals surface area contributed by atoms with Gasteiger partial charge in [0.15, 0.2) is 33.8 Å². The van der Waals surface area contributed by atoms with Gasteiger partial charge in [-0.25, -0.2) is 0 Å². The lowest BCUT2D eigenvalue weighted by molar-refractivity contribution is 0.0162. The van der Waals surface area contributed by atoms with Gasteiger partial charge in [0.2, 0.25) is 5.75 Å². The van der Waals surface area contributed by atoms with Crippen molar-refractivity contribution < 1.29 is 28.5 Å². The van der Waals surface area contributed by atoms with Gasteiger partial charge in [0, 0.05) is 23.2 Å². The molecule has 2 heterocycles. The highest BCUT2D eigenvalue weighted by molar-refractivity contribution is 7.80. The molecule has 2 aliphatic rings. The molecule has 2 bridgehead atoms. The molecule has 1 fully saturated rings. The predicted molar refractivity (Wildman–Crippen MR) is 143 cm³/mol. The molecule has 0 radical (unpaired) electrons. The normalized spacial score (nSPS) is 20.0. The van der Waals surface area contributed by atoms with Crippen LogP contribution in [0.3, 0.4) is 0 Å². The van der Waals surface area contributed by atoms with E-state index in [4.69, 9.17) is 35.9 Å². The Morgan fingerprint density at radius 3 is 2.16 bits per heavy atom. The van der Waals surface area contributed by atoms with Crippen LogP contribution in [0.5, 0.6) is 28.7 Å². The Labute approximate surface area is 221 Å². The van der Waals surface area contributed by atoms with Crippen molar-refractivity contribution >= 4 is 28.9 Å². The molecule has 0 spiro atoms. The van der Waals surface area contributed by atoms with Crippen molar-refractivity contribution in [1.29, 1.82) is 0 Å². The van der Waals surface area contributed by atoms with E-state index in [9.17, 15) is 4.79 Å². The molecule has 0 unspecified atom stereocenters. The van der Waals surface area contributed by atoms with Gasteiger partial charge >= 0.3 is 0 Å². The highest BCUT2D eigenvalue weighted by atomic mass is 32.1. The standard InChI is InChI=1S/C28H28N2O6S/c1-28-16-20(19-12-9-13-21(32-2)24(19)36-28)29(27(37)30(28)18-10-7-6-8-11-18)26(31)17-14-22(33-3)25(35-5)23(15-17)34-4/h6-15,20H,16H2,1-5H3/t20-,28+/m1/s1. The van der Waals surface area contributed by atoms with Crippen LogP contribution in [-0.4, -0.2) is 50.1 Å². The number of hydrogen-bond acceptors (Lipinski definition) is 7. The number of hydrogen-bond donors (Lipinski definition) is 0. The minimum absolute atomic E-state index is 0.298. The van der Waals surface area contributed by atoms with Gasteiger partial charge in [-0.1, -0.05) is 30.3 Å². The smallest absolute Gasteiger partial charge is 0.260 e. The Hall–Kier alpha value is -3.98. The van der Waals surface area contributed by atoms with Gasteiger partial charge in [-0.05, 0) is 49.5 Å². The minimum Gasteiger partial charge on any atom is -0.493 e. The Balaban J connectivity index is 1.70. The number of benzene rings is 3. The maximum absolute atomic E-state index is 14.3. The van der Waals surface area contributed by atoms with E-state index in [2.05, 4.69) is 0 Å². The molecule has 9 heteroatoms. The Kier molecular flexibility index (Phi) is 6.33. The molecule has 0 aliphatic carbocycles. The third-order valence-electron chi connectivity index (χ3n) is 6.81. The van der Waals surface area contributed by atoms with E-state index in [-0.39, 0.29) is 11.9 Å². The summed E-state index contributed by atoms with van der Waals surface area (Å²) < 4.78 is 28.7. The van der Waals surface area contributed by atoms with Crippen LogP contribution < -0.4 is 28.6 Å².